The van der Waals surface area contributed by atoms with Crippen molar-refractivity contribution in [3.63, 3.8) is 0 Å². The molecule has 0 bridgehead atoms. The van der Waals surface area contributed by atoms with Gasteiger partial charge in [-0.1, -0.05) is 6.42 Å². The van der Waals surface area contributed by atoms with Gasteiger partial charge in [-0.2, -0.15) is 0 Å². The van der Waals surface area contributed by atoms with E-state index in [1.165, 1.54) is 0 Å². The number of ether oxygens (including phenoxy) is 1. The van der Waals surface area contributed by atoms with Crippen molar-refractivity contribution in [1.29, 1.82) is 0 Å². The van der Waals surface area contributed by atoms with Gasteiger partial charge in [0.05, 0.1) is 6.10 Å². The number of hydrogen-bond donors (Lipinski definition) is 1. The molecule has 8 heteroatoms. The van der Waals surface area contributed by atoms with E-state index in [0.717, 1.165) is 38.1 Å². The molecule has 1 fully saturated rings. The molecule has 2 aliphatic heterocycles. The Bertz CT molecular complexity index is 571. The fourth-order valence-corrected chi connectivity index (χ4v) is 2.82. The first-order valence-corrected chi connectivity index (χ1v) is 7.71. The number of aryl methyl sites for hydroxylation is 1. The Labute approximate surface area is 128 Å². The van der Waals surface area contributed by atoms with Gasteiger partial charge >= 0.3 is 0 Å². The molecule has 1 unspecified atom stereocenters. The van der Waals surface area contributed by atoms with Crippen LogP contribution in [-0.4, -0.2) is 64.3 Å². The van der Waals surface area contributed by atoms with E-state index in [1.54, 1.807) is 11.9 Å². The maximum absolute atomic E-state index is 12.3. The predicted molar refractivity (Wildman–Crippen MR) is 77.3 cm³/mol. The van der Waals surface area contributed by atoms with Crippen LogP contribution >= 0.6 is 0 Å². The number of nitrogens with zero attached hydrogens (tertiary/aromatic N) is 4. The molecule has 1 atom stereocenters. The molecule has 0 aromatic carbocycles. The maximum atomic E-state index is 12.3. The van der Waals surface area contributed by atoms with E-state index in [1.807, 2.05) is 4.57 Å². The fourth-order valence-electron chi connectivity index (χ4n) is 2.82. The normalized spacial score (nSPS) is 22.1. The highest BCUT2D eigenvalue weighted by molar-refractivity contribution is 5.90. The molecule has 0 spiro atoms. The highest BCUT2D eigenvalue weighted by Crippen LogP contribution is 2.14. The molecule has 22 heavy (non-hydrogen) atoms. The van der Waals surface area contributed by atoms with Crippen LogP contribution in [0.15, 0.2) is 0 Å². The van der Waals surface area contributed by atoms with Crippen LogP contribution in [0, 0.1) is 0 Å². The molecular formula is C14H21N5O3. The van der Waals surface area contributed by atoms with Crippen molar-refractivity contribution in [2.24, 2.45) is 0 Å². The van der Waals surface area contributed by atoms with E-state index >= 15 is 0 Å². The summed E-state index contributed by atoms with van der Waals surface area (Å²) in [6.07, 6.45) is 3.98. The van der Waals surface area contributed by atoms with Gasteiger partial charge in [0.1, 0.15) is 12.4 Å². The molecule has 1 saturated heterocycles. The predicted octanol–water partition coefficient (Wildman–Crippen LogP) is -0.409. The molecule has 1 N–H and O–H groups in total. The number of nitrogens with one attached hydrogen (secondary N) is 1. The van der Waals surface area contributed by atoms with Crippen LogP contribution in [0.25, 0.3) is 0 Å². The van der Waals surface area contributed by atoms with E-state index in [9.17, 15) is 9.59 Å². The van der Waals surface area contributed by atoms with Crippen molar-refractivity contribution in [2.45, 2.75) is 38.3 Å². The first kappa shape index (κ1) is 15.0. The smallest absolute Gasteiger partial charge is 0.289 e. The monoisotopic (exact) mass is 307 g/mol. The van der Waals surface area contributed by atoms with E-state index in [0.29, 0.717) is 18.9 Å². The largest absolute Gasteiger partial charge is 0.365 e. The molecule has 0 aliphatic carbocycles. The minimum absolute atomic E-state index is 0.0367. The van der Waals surface area contributed by atoms with Crippen LogP contribution in [0.3, 0.4) is 0 Å². The van der Waals surface area contributed by atoms with Gasteiger partial charge in [0.2, 0.25) is 11.7 Å². The van der Waals surface area contributed by atoms with Gasteiger partial charge in [0.15, 0.2) is 0 Å². The highest BCUT2D eigenvalue weighted by atomic mass is 16.5. The summed E-state index contributed by atoms with van der Waals surface area (Å²) in [7, 11) is 1.73. The number of fused-ring (bicyclic) bond motifs is 1. The number of likely N-dealkylation sites (N-methyl/N-ethyl adjacent to an activating group) is 1. The van der Waals surface area contributed by atoms with Gasteiger partial charge < -0.3 is 19.5 Å². The van der Waals surface area contributed by atoms with Crippen LogP contribution in [0.5, 0.6) is 0 Å². The zero-order chi connectivity index (χ0) is 15.5. The van der Waals surface area contributed by atoms with Crippen LogP contribution in [-0.2, 0) is 22.5 Å². The van der Waals surface area contributed by atoms with Crippen molar-refractivity contribution in [1.82, 2.24) is 25.0 Å². The second-order valence-electron chi connectivity index (χ2n) is 5.82. The molecule has 3 rings (SSSR count). The van der Waals surface area contributed by atoms with Gasteiger partial charge in [-0.25, -0.2) is 0 Å². The van der Waals surface area contributed by atoms with Gasteiger partial charge in [0.25, 0.3) is 5.91 Å². The van der Waals surface area contributed by atoms with Gasteiger partial charge in [-0.15, -0.1) is 10.2 Å². The molecule has 2 aliphatic rings. The highest BCUT2D eigenvalue weighted by Gasteiger charge is 2.25. The zero-order valence-corrected chi connectivity index (χ0v) is 12.7. The number of hydrogen-bond acceptors (Lipinski definition) is 5. The van der Waals surface area contributed by atoms with Crippen molar-refractivity contribution < 1.29 is 14.3 Å². The van der Waals surface area contributed by atoms with Crippen molar-refractivity contribution in [3.8, 4) is 0 Å². The molecule has 120 valence electrons. The standard InChI is InChI=1S/C14H21N5O3/c1-18-8-10(22-9-12(18)20)7-15-14(21)13-17-16-11-5-3-2-4-6-19(11)13/h10H,2-9H2,1H3,(H,15,21). The maximum Gasteiger partial charge on any atom is 0.289 e. The molecule has 1 aromatic heterocycles. The lowest BCUT2D eigenvalue weighted by atomic mass is 10.2. The van der Waals surface area contributed by atoms with E-state index in [4.69, 9.17) is 4.74 Å². The first-order valence-electron chi connectivity index (χ1n) is 7.71. The average molecular weight is 307 g/mol. The summed E-state index contributed by atoms with van der Waals surface area (Å²) in [5, 5.41) is 11.0. The SMILES string of the molecule is CN1CC(CNC(=O)c2nnc3n2CCCCC3)OCC1=O. The Morgan fingerprint density at radius 1 is 1.36 bits per heavy atom. The Kier molecular flexibility index (Phi) is 4.37. The Hall–Kier alpha value is -1.96. The quantitative estimate of drug-likeness (QED) is 0.820. The minimum atomic E-state index is -0.233. The topological polar surface area (TPSA) is 89.3 Å². The molecular weight excluding hydrogens is 286 g/mol. The summed E-state index contributed by atoms with van der Waals surface area (Å²) in [5.74, 6) is 0.994. The lowest BCUT2D eigenvalue weighted by Gasteiger charge is -2.29. The lowest BCUT2D eigenvalue weighted by Crippen LogP contribution is -2.49. The van der Waals surface area contributed by atoms with Crippen molar-refractivity contribution >= 4 is 11.8 Å². The van der Waals surface area contributed by atoms with E-state index in [2.05, 4.69) is 15.5 Å². The molecule has 0 radical (unpaired) electrons. The summed E-state index contributed by atoms with van der Waals surface area (Å²) >= 11 is 0. The second-order valence-corrected chi connectivity index (χ2v) is 5.82. The zero-order valence-electron chi connectivity index (χ0n) is 12.7. The third kappa shape index (κ3) is 3.11. The number of amides is 2. The molecule has 3 heterocycles. The van der Waals surface area contributed by atoms with Crippen molar-refractivity contribution in [2.75, 3.05) is 26.7 Å². The van der Waals surface area contributed by atoms with E-state index in [-0.39, 0.29) is 24.5 Å². The second kappa shape index (κ2) is 6.43. The molecule has 0 saturated carbocycles. The van der Waals surface area contributed by atoms with E-state index < -0.39 is 0 Å². The van der Waals surface area contributed by atoms with Crippen LogP contribution < -0.4 is 5.32 Å². The number of rotatable bonds is 3. The third-order valence-corrected chi connectivity index (χ3v) is 4.15. The number of carbonyl (C=O) groups is 2. The summed E-state index contributed by atoms with van der Waals surface area (Å²) < 4.78 is 7.33. The van der Waals surface area contributed by atoms with Gasteiger partial charge in [-0.05, 0) is 12.8 Å². The number of morpholine rings is 1. The summed E-state index contributed by atoms with van der Waals surface area (Å²) in [6.45, 7) is 1.70. The van der Waals surface area contributed by atoms with Crippen LogP contribution in [0.1, 0.15) is 35.7 Å². The average Bonchev–Trinajstić information content (AvgIpc) is 2.77. The fraction of sp³-hybridized carbons (Fsp3) is 0.714. The Morgan fingerprint density at radius 3 is 3.05 bits per heavy atom. The molecule has 2 amide bonds. The Morgan fingerprint density at radius 2 is 2.23 bits per heavy atom. The van der Waals surface area contributed by atoms with Crippen molar-refractivity contribution in [3.05, 3.63) is 11.6 Å². The summed E-state index contributed by atoms with van der Waals surface area (Å²) in [5.41, 5.74) is 0. The summed E-state index contributed by atoms with van der Waals surface area (Å²) in [4.78, 5) is 25.3. The van der Waals surface area contributed by atoms with Crippen LogP contribution in [0.2, 0.25) is 0 Å². The number of aromatic nitrogens is 3. The van der Waals surface area contributed by atoms with Gasteiger partial charge in [0, 0.05) is 33.1 Å². The lowest BCUT2D eigenvalue weighted by molar-refractivity contribution is -0.146. The Balaban J connectivity index is 1.58. The third-order valence-electron chi connectivity index (χ3n) is 4.15. The number of carbonyl (C=O) groups excluding carboxylic acids is 2. The summed E-state index contributed by atoms with van der Waals surface area (Å²) in [6, 6.07) is 0. The minimum Gasteiger partial charge on any atom is -0.365 e. The molecule has 8 nitrogen and oxygen atoms in total. The first-order chi connectivity index (χ1) is 10.6. The van der Waals surface area contributed by atoms with Crippen LogP contribution in [0.4, 0.5) is 0 Å². The van der Waals surface area contributed by atoms with Gasteiger partial charge in [-0.3, -0.25) is 9.59 Å². The molecule has 1 aromatic rings.